The molecule has 1 fully saturated rings. The maximum atomic E-state index is 15.1. The summed E-state index contributed by atoms with van der Waals surface area (Å²) in [5, 5.41) is 2.38. The zero-order valence-electron chi connectivity index (χ0n) is 20.3. The van der Waals surface area contributed by atoms with E-state index < -0.39 is 65.4 Å². The van der Waals surface area contributed by atoms with Gasteiger partial charge in [0.2, 0.25) is 5.91 Å². The zero-order valence-corrected chi connectivity index (χ0v) is 20.3. The number of halogens is 6. The molecule has 3 aromatic rings. The molecule has 0 spiro atoms. The van der Waals surface area contributed by atoms with E-state index in [0.717, 1.165) is 47.4 Å². The molecular formula is C26H20F6N2O5. The maximum absolute atomic E-state index is 15.1. The summed E-state index contributed by atoms with van der Waals surface area (Å²) in [7, 11) is 2.52. The second-order valence-corrected chi connectivity index (χ2v) is 8.40. The first-order chi connectivity index (χ1) is 18.4. The number of benzene rings is 3. The molecule has 0 aliphatic carbocycles. The molecule has 3 aromatic carbocycles. The average molecular weight is 554 g/mol. The van der Waals surface area contributed by atoms with Crippen molar-refractivity contribution >= 4 is 17.5 Å². The highest BCUT2D eigenvalue weighted by molar-refractivity contribution is 6.05. The molecule has 1 aliphatic heterocycles. The first-order valence-electron chi connectivity index (χ1n) is 11.3. The highest BCUT2D eigenvalue weighted by Crippen LogP contribution is 2.38. The van der Waals surface area contributed by atoms with E-state index in [1.54, 1.807) is 0 Å². The molecule has 1 heterocycles. The summed E-state index contributed by atoms with van der Waals surface area (Å²) in [6, 6.07) is 7.59. The quantitative estimate of drug-likeness (QED) is 0.419. The molecule has 206 valence electrons. The topological polar surface area (TPSA) is 77.1 Å². The Balaban J connectivity index is 1.70. The number of alkyl halides is 3. The van der Waals surface area contributed by atoms with Crippen LogP contribution in [0.25, 0.3) is 0 Å². The van der Waals surface area contributed by atoms with E-state index in [0.29, 0.717) is 0 Å². The molecule has 1 N–H and O–H groups in total. The number of hydrogen-bond acceptors (Lipinski definition) is 5. The van der Waals surface area contributed by atoms with E-state index in [9.17, 15) is 27.2 Å². The normalized spacial score (nSPS) is 17.2. The van der Waals surface area contributed by atoms with Crippen molar-refractivity contribution in [2.45, 2.75) is 18.3 Å². The van der Waals surface area contributed by atoms with Crippen LogP contribution in [0.2, 0.25) is 0 Å². The van der Waals surface area contributed by atoms with Crippen LogP contribution in [0, 0.1) is 17.5 Å². The highest BCUT2D eigenvalue weighted by Gasteiger charge is 2.46. The van der Waals surface area contributed by atoms with E-state index in [4.69, 9.17) is 9.47 Å². The third kappa shape index (κ3) is 5.86. The Kier molecular flexibility index (Phi) is 7.61. The first kappa shape index (κ1) is 27.6. The van der Waals surface area contributed by atoms with Gasteiger partial charge < -0.3 is 24.4 Å². The SMILES string of the molecule is COc1cc(F)c([C@@H]2CN(c3cc(OC)ccc3F)C(=O)[C@H]2NC(=O)c2ccc(OC(F)(F)F)cc2)c(F)c1. The standard InChI is InChI=1S/C26H20F6N2O5/c1-37-15-7-8-18(27)21(11-15)34-12-17(22-19(28)9-16(38-2)10-20(22)29)23(25(34)36)33-24(35)13-3-5-14(6-4-13)39-26(30,31)32/h3-11,17,23H,12H2,1-2H3,(H,33,35)/t17-,23-/m0/s1. The van der Waals surface area contributed by atoms with Crippen molar-refractivity contribution in [1.82, 2.24) is 5.32 Å². The van der Waals surface area contributed by atoms with Crippen molar-refractivity contribution < 1.29 is 50.1 Å². The largest absolute Gasteiger partial charge is 0.573 e. The fourth-order valence-electron chi connectivity index (χ4n) is 4.26. The minimum absolute atomic E-state index is 0.129. The van der Waals surface area contributed by atoms with E-state index in [-0.39, 0.29) is 22.7 Å². The molecule has 1 aliphatic rings. The van der Waals surface area contributed by atoms with Crippen LogP contribution < -0.4 is 24.4 Å². The Bertz CT molecular complexity index is 1370. The molecule has 4 rings (SSSR count). The van der Waals surface area contributed by atoms with Gasteiger partial charge in [-0.1, -0.05) is 0 Å². The van der Waals surface area contributed by atoms with Gasteiger partial charge in [0.25, 0.3) is 5.91 Å². The lowest BCUT2D eigenvalue weighted by molar-refractivity contribution is -0.274. The van der Waals surface area contributed by atoms with Crippen LogP contribution in [0.1, 0.15) is 21.8 Å². The summed E-state index contributed by atoms with van der Waals surface area (Å²) in [5.74, 6) is -6.61. The molecule has 0 bridgehead atoms. The molecule has 39 heavy (non-hydrogen) atoms. The number of methoxy groups -OCH3 is 2. The van der Waals surface area contributed by atoms with E-state index in [2.05, 4.69) is 10.1 Å². The number of nitrogens with one attached hydrogen (secondary N) is 1. The van der Waals surface area contributed by atoms with Gasteiger partial charge in [0.15, 0.2) is 0 Å². The summed E-state index contributed by atoms with van der Waals surface area (Å²) >= 11 is 0. The second kappa shape index (κ2) is 10.8. The van der Waals surface area contributed by atoms with Gasteiger partial charge in [0.1, 0.15) is 40.7 Å². The van der Waals surface area contributed by atoms with Gasteiger partial charge in [-0.3, -0.25) is 9.59 Å². The lowest BCUT2D eigenvalue weighted by atomic mass is 9.92. The zero-order chi connectivity index (χ0) is 28.5. The minimum atomic E-state index is -4.95. The number of rotatable bonds is 7. The van der Waals surface area contributed by atoms with Crippen molar-refractivity contribution in [2.75, 3.05) is 25.7 Å². The van der Waals surface area contributed by atoms with E-state index >= 15 is 8.78 Å². The Hall–Kier alpha value is -4.42. The summed E-state index contributed by atoms with van der Waals surface area (Å²) in [6.07, 6.45) is -4.95. The third-order valence-corrected chi connectivity index (χ3v) is 6.05. The molecular weight excluding hydrogens is 534 g/mol. The van der Waals surface area contributed by atoms with Crippen molar-refractivity contribution in [3.8, 4) is 17.2 Å². The number of nitrogens with zero attached hydrogens (tertiary/aromatic N) is 1. The molecule has 0 aromatic heterocycles. The number of hydrogen-bond donors (Lipinski definition) is 1. The van der Waals surface area contributed by atoms with Crippen LogP contribution >= 0.6 is 0 Å². The molecule has 2 amide bonds. The number of amides is 2. The predicted octanol–water partition coefficient (Wildman–Crippen LogP) is 4.95. The lowest BCUT2D eigenvalue weighted by Crippen LogP contribution is -2.44. The van der Waals surface area contributed by atoms with E-state index in [1.165, 1.54) is 26.4 Å². The van der Waals surface area contributed by atoms with Gasteiger partial charge in [-0.05, 0) is 36.4 Å². The summed E-state index contributed by atoms with van der Waals surface area (Å²) in [5.41, 5.74) is -0.962. The Morgan fingerprint density at radius 3 is 2.03 bits per heavy atom. The Morgan fingerprint density at radius 1 is 0.872 bits per heavy atom. The van der Waals surface area contributed by atoms with Crippen LogP contribution in [0.5, 0.6) is 17.2 Å². The Labute approximate surface area is 217 Å². The monoisotopic (exact) mass is 554 g/mol. The Morgan fingerprint density at radius 2 is 1.46 bits per heavy atom. The summed E-state index contributed by atoms with van der Waals surface area (Å²) < 4.78 is 95.9. The smallest absolute Gasteiger partial charge is 0.497 e. The van der Waals surface area contributed by atoms with Gasteiger partial charge in [-0.2, -0.15) is 0 Å². The second-order valence-electron chi connectivity index (χ2n) is 8.40. The van der Waals surface area contributed by atoms with Gasteiger partial charge in [0, 0.05) is 41.8 Å². The van der Waals surface area contributed by atoms with Crippen LogP contribution in [0.4, 0.5) is 32.0 Å². The number of anilines is 1. The molecule has 0 unspecified atom stereocenters. The maximum Gasteiger partial charge on any atom is 0.573 e. The molecule has 13 heteroatoms. The third-order valence-electron chi connectivity index (χ3n) is 6.05. The van der Waals surface area contributed by atoms with Crippen LogP contribution in [0.3, 0.4) is 0 Å². The number of carbonyl (C=O) groups excluding carboxylic acids is 2. The van der Waals surface area contributed by atoms with Crippen molar-refractivity contribution in [3.05, 3.63) is 83.2 Å². The number of ether oxygens (including phenoxy) is 3. The number of carbonyl (C=O) groups is 2. The fraction of sp³-hybridized carbons (Fsp3) is 0.231. The molecule has 7 nitrogen and oxygen atoms in total. The lowest BCUT2D eigenvalue weighted by Gasteiger charge is -2.20. The minimum Gasteiger partial charge on any atom is -0.497 e. The van der Waals surface area contributed by atoms with E-state index in [1.807, 2.05) is 0 Å². The van der Waals surface area contributed by atoms with Gasteiger partial charge in [-0.25, -0.2) is 13.2 Å². The van der Waals surface area contributed by atoms with Gasteiger partial charge in [-0.15, -0.1) is 13.2 Å². The molecule has 1 saturated heterocycles. The average Bonchev–Trinajstić information content (AvgIpc) is 3.18. The van der Waals surface area contributed by atoms with Crippen LogP contribution in [-0.2, 0) is 4.79 Å². The van der Waals surface area contributed by atoms with Crippen molar-refractivity contribution in [2.24, 2.45) is 0 Å². The molecule has 0 radical (unpaired) electrons. The first-order valence-corrected chi connectivity index (χ1v) is 11.3. The van der Waals surface area contributed by atoms with Crippen LogP contribution in [-0.4, -0.2) is 45.0 Å². The van der Waals surface area contributed by atoms with Gasteiger partial charge >= 0.3 is 6.36 Å². The molecule has 0 saturated carbocycles. The summed E-state index contributed by atoms with van der Waals surface area (Å²) in [4.78, 5) is 27.3. The highest BCUT2D eigenvalue weighted by atomic mass is 19.4. The van der Waals surface area contributed by atoms with Gasteiger partial charge in [0.05, 0.1) is 19.9 Å². The fourth-order valence-corrected chi connectivity index (χ4v) is 4.26. The van der Waals surface area contributed by atoms with Crippen molar-refractivity contribution in [1.29, 1.82) is 0 Å². The predicted molar refractivity (Wildman–Crippen MR) is 125 cm³/mol. The van der Waals surface area contributed by atoms with Crippen LogP contribution in [0.15, 0.2) is 54.6 Å². The van der Waals surface area contributed by atoms with Crippen molar-refractivity contribution in [3.63, 3.8) is 0 Å². The summed E-state index contributed by atoms with van der Waals surface area (Å²) in [6.45, 7) is -0.424. The molecule has 2 atom stereocenters.